The van der Waals surface area contributed by atoms with Gasteiger partial charge in [-0.2, -0.15) is 0 Å². The first-order valence-corrected chi connectivity index (χ1v) is 11.6. The van der Waals surface area contributed by atoms with Gasteiger partial charge in [0.2, 0.25) is 5.88 Å². The molecule has 2 amide bonds. The third-order valence-electron chi connectivity index (χ3n) is 6.25. The fourth-order valence-electron chi connectivity index (χ4n) is 3.87. The van der Waals surface area contributed by atoms with E-state index >= 15 is 0 Å². The van der Waals surface area contributed by atoms with E-state index in [-0.39, 0.29) is 36.3 Å². The van der Waals surface area contributed by atoms with E-state index < -0.39 is 6.10 Å². The van der Waals surface area contributed by atoms with E-state index in [9.17, 15) is 14.7 Å². The molecule has 178 valence electrons. The molecule has 0 unspecified atom stereocenters. The summed E-state index contributed by atoms with van der Waals surface area (Å²) in [6, 6.07) is 4.69. The molecular formula is C26H30N4O4. The summed E-state index contributed by atoms with van der Waals surface area (Å²) in [7, 11) is 1.72. The quantitative estimate of drug-likeness (QED) is 0.685. The highest BCUT2D eigenvalue weighted by atomic mass is 16.5. The molecule has 1 N–H and O–H groups in total. The summed E-state index contributed by atoms with van der Waals surface area (Å²) in [5.41, 5.74) is 1.52. The summed E-state index contributed by atoms with van der Waals surface area (Å²) in [5.74, 6) is 6.45. The van der Waals surface area contributed by atoms with Crippen molar-refractivity contribution in [3.63, 3.8) is 0 Å². The van der Waals surface area contributed by atoms with Crippen LogP contribution in [0.1, 0.15) is 53.0 Å². The van der Waals surface area contributed by atoms with Crippen molar-refractivity contribution in [1.82, 2.24) is 19.8 Å². The summed E-state index contributed by atoms with van der Waals surface area (Å²) in [6.45, 7) is 4.31. The van der Waals surface area contributed by atoms with E-state index in [1.807, 2.05) is 13.8 Å². The predicted molar refractivity (Wildman–Crippen MR) is 126 cm³/mol. The highest BCUT2D eigenvalue weighted by Crippen LogP contribution is 2.29. The van der Waals surface area contributed by atoms with Gasteiger partial charge in [0.15, 0.2) is 0 Å². The number of fused-ring (bicyclic) bond motifs is 1. The van der Waals surface area contributed by atoms with Crippen LogP contribution < -0.4 is 4.74 Å². The number of aliphatic hydroxyl groups is 1. The lowest BCUT2D eigenvalue weighted by Gasteiger charge is -2.37. The highest BCUT2D eigenvalue weighted by molar-refractivity contribution is 5.97. The van der Waals surface area contributed by atoms with Gasteiger partial charge in [0.25, 0.3) is 11.8 Å². The van der Waals surface area contributed by atoms with Gasteiger partial charge in [0, 0.05) is 55.1 Å². The van der Waals surface area contributed by atoms with Gasteiger partial charge in [0.1, 0.15) is 11.7 Å². The molecule has 8 heteroatoms. The number of aromatic nitrogens is 2. The van der Waals surface area contributed by atoms with Gasteiger partial charge in [-0.15, -0.1) is 0 Å². The number of nitrogens with zero attached hydrogens (tertiary/aromatic N) is 4. The minimum Gasteiger partial charge on any atom is -0.472 e. The first-order chi connectivity index (χ1) is 16.4. The lowest BCUT2D eigenvalue weighted by molar-refractivity contribution is 0.0313. The predicted octanol–water partition coefficient (Wildman–Crippen LogP) is 2.23. The van der Waals surface area contributed by atoms with Crippen molar-refractivity contribution < 1.29 is 19.4 Å². The molecule has 3 atom stereocenters. The van der Waals surface area contributed by atoms with Crippen molar-refractivity contribution >= 4 is 11.8 Å². The molecule has 0 spiro atoms. The van der Waals surface area contributed by atoms with Gasteiger partial charge in [-0.3, -0.25) is 14.6 Å². The Morgan fingerprint density at radius 1 is 1.35 bits per heavy atom. The summed E-state index contributed by atoms with van der Waals surface area (Å²) < 4.78 is 6.26. The van der Waals surface area contributed by atoms with Crippen LogP contribution in [0.15, 0.2) is 36.8 Å². The second kappa shape index (κ2) is 10.2. The number of carbonyl (C=O) groups excluding carboxylic acids is 2. The molecule has 34 heavy (non-hydrogen) atoms. The van der Waals surface area contributed by atoms with Crippen molar-refractivity contribution in [3.8, 4) is 17.7 Å². The van der Waals surface area contributed by atoms with Gasteiger partial charge < -0.3 is 19.6 Å². The molecule has 1 aliphatic heterocycles. The molecular weight excluding hydrogens is 432 g/mol. The first-order valence-electron chi connectivity index (χ1n) is 11.6. The number of carbonyl (C=O) groups is 2. The molecule has 0 bridgehead atoms. The number of hydrogen-bond acceptors (Lipinski definition) is 6. The number of hydrogen-bond donors (Lipinski definition) is 1. The summed E-state index contributed by atoms with van der Waals surface area (Å²) in [5, 5.41) is 9.80. The van der Waals surface area contributed by atoms with Gasteiger partial charge in [0.05, 0.1) is 19.2 Å². The number of ether oxygens (including phenoxy) is 1. The molecule has 8 nitrogen and oxygen atoms in total. The molecule has 0 saturated heterocycles. The topological polar surface area (TPSA) is 95.9 Å². The second-order valence-corrected chi connectivity index (χ2v) is 9.16. The number of likely N-dealkylation sites (N-methyl/N-ethyl adjacent to an activating group) is 1. The smallest absolute Gasteiger partial charge is 0.259 e. The van der Waals surface area contributed by atoms with Crippen molar-refractivity contribution in [1.29, 1.82) is 0 Å². The Morgan fingerprint density at radius 2 is 2.09 bits per heavy atom. The van der Waals surface area contributed by atoms with Crippen LogP contribution in [-0.2, 0) is 0 Å². The molecule has 1 saturated carbocycles. The van der Waals surface area contributed by atoms with E-state index in [2.05, 4.69) is 21.8 Å². The SMILES string of the molecule is C[C@@H]1CN([C@@H](C)CO)C(=O)c2cc(C#CC3CC3)cnc2O[C@@H]1CN(C)C(=O)c1ccncc1. The monoisotopic (exact) mass is 462 g/mol. The van der Waals surface area contributed by atoms with Crippen molar-refractivity contribution in [3.05, 3.63) is 53.5 Å². The Hall–Kier alpha value is -3.44. The van der Waals surface area contributed by atoms with Crippen LogP contribution >= 0.6 is 0 Å². The van der Waals surface area contributed by atoms with Gasteiger partial charge in [-0.25, -0.2) is 4.98 Å². The maximum Gasteiger partial charge on any atom is 0.259 e. The third kappa shape index (κ3) is 5.37. The summed E-state index contributed by atoms with van der Waals surface area (Å²) >= 11 is 0. The van der Waals surface area contributed by atoms with E-state index in [1.165, 1.54) is 0 Å². The lowest BCUT2D eigenvalue weighted by atomic mass is 9.99. The van der Waals surface area contributed by atoms with Crippen molar-refractivity contribution in [2.75, 3.05) is 26.7 Å². The minimum absolute atomic E-state index is 0.116. The van der Waals surface area contributed by atoms with Gasteiger partial charge in [-0.1, -0.05) is 18.8 Å². The van der Waals surface area contributed by atoms with E-state index in [4.69, 9.17) is 4.74 Å². The largest absolute Gasteiger partial charge is 0.472 e. The first kappa shape index (κ1) is 23.7. The normalized spacial score (nSPS) is 20.7. The molecule has 2 aromatic heterocycles. The van der Waals surface area contributed by atoms with Gasteiger partial charge >= 0.3 is 0 Å². The van der Waals surface area contributed by atoms with E-state index in [0.29, 0.717) is 35.7 Å². The zero-order valence-corrected chi connectivity index (χ0v) is 19.8. The third-order valence-corrected chi connectivity index (χ3v) is 6.25. The van der Waals surface area contributed by atoms with Crippen LogP contribution in [0.4, 0.5) is 0 Å². The maximum absolute atomic E-state index is 13.4. The summed E-state index contributed by atoms with van der Waals surface area (Å²) in [6.07, 6.45) is 6.60. The van der Waals surface area contributed by atoms with Gasteiger partial charge in [-0.05, 0) is 38.0 Å². The Bertz CT molecular complexity index is 1110. The molecule has 2 aromatic rings. The zero-order valence-electron chi connectivity index (χ0n) is 19.8. The van der Waals surface area contributed by atoms with Crippen LogP contribution in [-0.4, -0.2) is 75.6 Å². The Balaban J connectivity index is 1.63. The van der Waals surface area contributed by atoms with Crippen molar-refractivity contribution in [2.24, 2.45) is 11.8 Å². The Labute approximate surface area is 200 Å². The molecule has 1 aliphatic carbocycles. The second-order valence-electron chi connectivity index (χ2n) is 9.16. The highest BCUT2D eigenvalue weighted by Gasteiger charge is 2.34. The minimum atomic E-state index is -0.410. The average Bonchev–Trinajstić information content (AvgIpc) is 3.69. The zero-order chi connectivity index (χ0) is 24.2. The molecule has 1 fully saturated rings. The summed E-state index contributed by atoms with van der Waals surface area (Å²) in [4.78, 5) is 38.0. The number of rotatable bonds is 5. The number of pyridine rings is 2. The van der Waals surface area contributed by atoms with E-state index in [0.717, 1.165) is 12.8 Å². The lowest BCUT2D eigenvalue weighted by Crippen LogP contribution is -2.50. The standard InChI is InChI=1S/C26H30N4O4/c1-17-14-30(18(2)16-31)26(33)22-12-20(7-6-19-4-5-19)13-28-24(22)34-23(17)15-29(3)25(32)21-8-10-27-11-9-21/h8-13,17-19,23,31H,4-5,14-16H2,1-3H3/t17-,18+,23-/m1/s1. The van der Waals surface area contributed by atoms with Crippen LogP contribution in [0, 0.1) is 23.7 Å². The van der Waals surface area contributed by atoms with E-state index in [1.54, 1.807) is 53.6 Å². The van der Waals surface area contributed by atoms with Crippen LogP contribution in [0.25, 0.3) is 0 Å². The van der Waals surface area contributed by atoms with Crippen LogP contribution in [0.2, 0.25) is 0 Å². The van der Waals surface area contributed by atoms with Crippen molar-refractivity contribution in [2.45, 2.75) is 38.8 Å². The Morgan fingerprint density at radius 3 is 2.76 bits per heavy atom. The maximum atomic E-state index is 13.4. The van der Waals surface area contributed by atoms with Crippen LogP contribution in [0.5, 0.6) is 5.88 Å². The number of aliphatic hydroxyl groups excluding tert-OH is 1. The average molecular weight is 463 g/mol. The fourth-order valence-corrected chi connectivity index (χ4v) is 3.87. The number of amides is 2. The molecule has 0 aromatic carbocycles. The molecule has 4 rings (SSSR count). The molecule has 0 radical (unpaired) electrons. The Kier molecular flexibility index (Phi) is 7.13. The molecule has 2 aliphatic rings. The fraction of sp³-hybridized carbons (Fsp3) is 0.462. The molecule has 3 heterocycles. The van der Waals surface area contributed by atoms with Crippen LogP contribution in [0.3, 0.4) is 0 Å².